The third-order valence-electron chi connectivity index (χ3n) is 4.82. The molecule has 0 atom stereocenters. The molecule has 7 heteroatoms. The molecular weight excluding hydrogens is 336 g/mol. The monoisotopic (exact) mass is 354 g/mol. The highest BCUT2D eigenvalue weighted by atomic mass is 32.1. The van der Waals surface area contributed by atoms with Gasteiger partial charge in [0.15, 0.2) is 5.13 Å². The molecule has 6 nitrogen and oxygen atoms in total. The Morgan fingerprint density at radius 3 is 2.60 bits per heavy atom. The number of piperidine rings is 1. The normalized spacial score (nSPS) is 16.7. The number of imidazole rings is 1. The van der Waals surface area contributed by atoms with Gasteiger partial charge in [-0.05, 0) is 12.8 Å². The Balaban J connectivity index is 1.52. The van der Waals surface area contributed by atoms with Crippen LogP contribution in [0.2, 0.25) is 0 Å². The standard InChI is InChI=1S/C18H18N4O2S/c23-16(24)18(22-11-8-19-13-22)6-9-21(10-7-18)17-20-15(12-25-17)14-4-2-1-3-5-14/h1-5,8,11-13H,6-7,9-10H2,(H,23,24). The number of thiazole rings is 1. The smallest absolute Gasteiger partial charge is 0.330 e. The molecular formula is C18H18N4O2S. The van der Waals surface area contributed by atoms with Gasteiger partial charge >= 0.3 is 5.97 Å². The van der Waals surface area contributed by atoms with Gasteiger partial charge in [-0.25, -0.2) is 14.8 Å². The lowest BCUT2D eigenvalue weighted by molar-refractivity contribution is -0.148. The van der Waals surface area contributed by atoms with E-state index in [0.29, 0.717) is 25.9 Å². The summed E-state index contributed by atoms with van der Waals surface area (Å²) in [6.45, 7) is 1.32. The number of nitrogens with zero attached hydrogens (tertiary/aromatic N) is 4. The Labute approximate surface area is 149 Å². The summed E-state index contributed by atoms with van der Waals surface area (Å²) in [4.78, 5) is 22.9. The molecule has 0 bridgehead atoms. The highest BCUT2D eigenvalue weighted by Crippen LogP contribution is 2.35. The van der Waals surface area contributed by atoms with Crippen molar-refractivity contribution in [1.29, 1.82) is 0 Å². The first-order chi connectivity index (χ1) is 12.2. The number of carbonyl (C=O) groups is 1. The van der Waals surface area contributed by atoms with Crippen LogP contribution in [0.1, 0.15) is 12.8 Å². The molecule has 0 aliphatic carbocycles. The molecule has 0 saturated carbocycles. The number of hydrogen-bond acceptors (Lipinski definition) is 5. The minimum atomic E-state index is -0.910. The maximum absolute atomic E-state index is 11.9. The summed E-state index contributed by atoms with van der Waals surface area (Å²) in [5.41, 5.74) is 1.15. The first-order valence-electron chi connectivity index (χ1n) is 8.17. The second-order valence-electron chi connectivity index (χ2n) is 6.18. The van der Waals surface area contributed by atoms with Crippen LogP contribution in [0.15, 0.2) is 54.4 Å². The van der Waals surface area contributed by atoms with Gasteiger partial charge in [0.25, 0.3) is 0 Å². The van der Waals surface area contributed by atoms with Crippen LogP contribution >= 0.6 is 11.3 Å². The summed E-state index contributed by atoms with van der Waals surface area (Å²) < 4.78 is 1.73. The van der Waals surface area contributed by atoms with Crippen molar-refractivity contribution in [2.24, 2.45) is 0 Å². The SMILES string of the molecule is O=C(O)C1(n2ccnc2)CCN(c2nc(-c3ccccc3)cs2)CC1. The second-order valence-corrected chi connectivity index (χ2v) is 7.01. The summed E-state index contributed by atoms with van der Waals surface area (Å²) >= 11 is 1.61. The van der Waals surface area contributed by atoms with E-state index < -0.39 is 11.5 Å². The number of anilines is 1. The van der Waals surface area contributed by atoms with Crippen molar-refractivity contribution in [2.45, 2.75) is 18.4 Å². The number of aliphatic carboxylic acids is 1. The van der Waals surface area contributed by atoms with Gasteiger partial charge < -0.3 is 14.6 Å². The fourth-order valence-electron chi connectivity index (χ4n) is 3.31. The van der Waals surface area contributed by atoms with Crippen molar-refractivity contribution in [2.75, 3.05) is 18.0 Å². The average molecular weight is 354 g/mol. The summed E-state index contributed by atoms with van der Waals surface area (Å²) in [6, 6.07) is 10.1. The number of carboxylic acids is 1. The van der Waals surface area contributed by atoms with Gasteiger partial charge in [0.1, 0.15) is 5.54 Å². The van der Waals surface area contributed by atoms with Crippen LogP contribution < -0.4 is 4.90 Å². The van der Waals surface area contributed by atoms with E-state index in [9.17, 15) is 9.90 Å². The summed E-state index contributed by atoms with van der Waals surface area (Å²) in [7, 11) is 0. The summed E-state index contributed by atoms with van der Waals surface area (Å²) in [5.74, 6) is -0.797. The van der Waals surface area contributed by atoms with Gasteiger partial charge in [-0.3, -0.25) is 0 Å². The van der Waals surface area contributed by atoms with Crippen LogP contribution in [0.5, 0.6) is 0 Å². The minimum absolute atomic E-state index is 0.527. The first-order valence-corrected chi connectivity index (χ1v) is 9.05. The molecule has 1 fully saturated rings. The predicted octanol–water partition coefficient (Wildman–Crippen LogP) is 3.09. The Bertz CT molecular complexity index is 852. The number of benzene rings is 1. The molecule has 1 saturated heterocycles. The summed E-state index contributed by atoms with van der Waals surface area (Å²) in [5, 5.41) is 12.8. The molecule has 3 aromatic rings. The fraction of sp³-hybridized carbons (Fsp3) is 0.278. The molecule has 128 valence electrons. The zero-order chi connectivity index (χ0) is 17.3. The van der Waals surface area contributed by atoms with E-state index >= 15 is 0 Å². The van der Waals surface area contributed by atoms with Gasteiger partial charge in [-0.2, -0.15) is 0 Å². The van der Waals surface area contributed by atoms with Crippen molar-refractivity contribution in [3.8, 4) is 11.3 Å². The van der Waals surface area contributed by atoms with Crippen LogP contribution in [-0.2, 0) is 10.3 Å². The van der Waals surface area contributed by atoms with E-state index in [-0.39, 0.29) is 0 Å². The highest BCUT2D eigenvalue weighted by molar-refractivity contribution is 7.14. The van der Waals surface area contributed by atoms with Crippen LogP contribution in [-0.4, -0.2) is 38.7 Å². The Morgan fingerprint density at radius 1 is 1.20 bits per heavy atom. The van der Waals surface area contributed by atoms with E-state index in [0.717, 1.165) is 16.4 Å². The van der Waals surface area contributed by atoms with Crippen molar-refractivity contribution in [1.82, 2.24) is 14.5 Å². The van der Waals surface area contributed by atoms with Gasteiger partial charge in [-0.15, -0.1) is 11.3 Å². The lowest BCUT2D eigenvalue weighted by Gasteiger charge is -2.39. The van der Waals surface area contributed by atoms with Gasteiger partial charge in [0.2, 0.25) is 0 Å². The van der Waals surface area contributed by atoms with Crippen LogP contribution in [0, 0.1) is 0 Å². The molecule has 1 aromatic carbocycles. The zero-order valence-electron chi connectivity index (χ0n) is 13.6. The van der Waals surface area contributed by atoms with Crippen molar-refractivity contribution in [3.63, 3.8) is 0 Å². The second kappa shape index (κ2) is 6.33. The first kappa shape index (κ1) is 15.8. The lowest BCUT2D eigenvalue weighted by atomic mass is 9.87. The predicted molar refractivity (Wildman–Crippen MR) is 96.8 cm³/mol. The molecule has 0 spiro atoms. The average Bonchev–Trinajstić information content (AvgIpc) is 3.35. The van der Waals surface area contributed by atoms with E-state index in [1.165, 1.54) is 0 Å². The van der Waals surface area contributed by atoms with Crippen molar-refractivity contribution >= 4 is 22.4 Å². The lowest BCUT2D eigenvalue weighted by Crippen LogP contribution is -2.50. The fourth-order valence-corrected chi connectivity index (χ4v) is 4.20. The third-order valence-corrected chi connectivity index (χ3v) is 5.72. The largest absolute Gasteiger partial charge is 0.479 e. The Kier molecular flexibility index (Phi) is 4.01. The highest BCUT2D eigenvalue weighted by Gasteiger charge is 2.43. The van der Waals surface area contributed by atoms with E-state index in [1.54, 1.807) is 34.6 Å². The molecule has 1 N–H and O–H groups in total. The molecule has 4 rings (SSSR count). The van der Waals surface area contributed by atoms with Gasteiger partial charge in [-0.1, -0.05) is 30.3 Å². The molecule has 2 aromatic heterocycles. The maximum Gasteiger partial charge on any atom is 0.330 e. The minimum Gasteiger partial charge on any atom is -0.479 e. The van der Waals surface area contributed by atoms with Gasteiger partial charge in [0, 0.05) is 36.4 Å². The van der Waals surface area contributed by atoms with Crippen LogP contribution in [0.4, 0.5) is 5.13 Å². The topological polar surface area (TPSA) is 71.2 Å². The molecule has 1 aliphatic heterocycles. The molecule has 1 aliphatic rings. The number of carboxylic acid groups (broad SMARTS) is 1. The van der Waals surface area contributed by atoms with Crippen molar-refractivity contribution < 1.29 is 9.90 Å². The van der Waals surface area contributed by atoms with E-state index in [1.807, 2.05) is 30.3 Å². The molecule has 0 amide bonds. The zero-order valence-corrected chi connectivity index (χ0v) is 14.4. The van der Waals surface area contributed by atoms with Crippen molar-refractivity contribution in [3.05, 3.63) is 54.4 Å². The van der Waals surface area contributed by atoms with E-state index in [2.05, 4.69) is 15.3 Å². The van der Waals surface area contributed by atoms with E-state index in [4.69, 9.17) is 4.98 Å². The number of hydrogen-bond donors (Lipinski definition) is 1. The third kappa shape index (κ3) is 2.80. The number of aromatic nitrogens is 3. The molecule has 0 radical (unpaired) electrons. The van der Waals surface area contributed by atoms with Gasteiger partial charge in [0.05, 0.1) is 12.0 Å². The Morgan fingerprint density at radius 2 is 1.96 bits per heavy atom. The molecule has 3 heterocycles. The Hall–Kier alpha value is -2.67. The maximum atomic E-state index is 11.9. The quantitative estimate of drug-likeness (QED) is 0.779. The van der Waals surface area contributed by atoms with Crippen LogP contribution in [0.25, 0.3) is 11.3 Å². The van der Waals surface area contributed by atoms with Crippen LogP contribution in [0.3, 0.4) is 0 Å². The molecule has 0 unspecified atom stereocenters. The number of rotatable bonds is 4. The molecule has 25 heavy (non-hydrogen) atoms. The summed E-state index contributed by atoms with van der Waals surface area (Å²) in [6.07, 6.45) is 6.02.